The number of ether oxygens (including phenoxy) is 2. The first-order valence-electron chi connectivity index (χ1n) is 9.17. The molecule has 152 valence electrons. The molecule has 0 saturated heterocycles. The maximum absolute atomic E-state index is 13.3. The van der Waals surface area contributed by atoms with Crippen LogP contribution in [0.15, 0.2) is 48.1 Å². The van der Waals surface area contributed by atoms with Crippen molar-refractivity contribution in [1.29, 1.82) is 0 Å². The quantitative estimate of drug-likeness (QED) is 0.492. The molecule has 1 aliphatic rings. The van der Waals surface area contributed by atoms with Crippen molar-refractivity contribution in [3.05, 3.63) is 65.3 Å². The van der Waals surface area contributed by atoms with Crippen LogP contribution in [-0.2, 0) is 6.42 Å². The summed E-state index contributed by atoms with van der Waals surface area (Å²) in [6.45, 7) is 0.611. The van der Waals surface area contributed by atoms with Crippen LogP contribution in [0, 0.1) is 5.82 Å². The summed E-state index contributed by atoms with van der Waals surface area (Å²) >= 11 is 1.33. The summed E-state index contributed by atoms with van der Waals surface area (Å²) in [5, 5.41) is 8.28. The SMILES string of the molecule is O=C(NCCc1cn2cc(F)ccc2n1)c1csc(Nc2ccc3c(c2)OCO3)n1. The van der Waals surface area contributed by atoms with Gasteiger partial charge >= 0.3 is 0 Å². The van der Waals surface area contributed by atoms with Gasteiger partial charge in [0.15, 0.2) is 16.6 Å². The summed E-state index contributed by atoms with van der Waals surface area (Å²) in [4.78, 5) is 21.1. The lowest BCUT2D eigenvalue weighted by Gasteiger charge is -2.04. The highest BCUT2D eigenvalue weighted by atomic mass is 32.1. The Morgan fingerprint density at radius 3 is 3.00 bits per heavy atom. The Morgan fingerprint density at radius 1 is 1.17 bits per heavy atom. The molecule has 4 heterocycles. The molecule has 8 nitrogen and oxygen atoms in total. The van der Waals surface area contributed by atoms with E-state index in [2.05, 4.69) is 20.6 Å². The summed E-state index contributed by atoms with van der Waals surface area (Å²) in [6.07, 6.45) is 3.65. The van der Waals surface area contributed by atoms with Gasteiger partial charge in [-0.3, -0.25) is 4.79 Å². The predicted octanol–water partition coefficient (Wildman–Crippen LogP) is 3.37. The standard InChI is InChI=1S/C20H16FN5O3S/c21-12-1-4-18-23-14(9-26(18)8-12)5-6-22-19(27)15-10-30-20(25-15)24-13-2-3-16-17(7-13)29-11-28-16/h1-4,7-10H,5-6,11H2,(H,22,27)(H,24,25). The first-order chi connectivity index (χ1) is 14.6. The molecule has 5 rings (SSSR count). The summed E-state index contributed by atoms with van der Waals surface area (Å²) < 4.78 is 25.5. The summed E-state index contributed by atoms with van der Waals surface area (Å²) in [5.41, 5.74) is 2.56. The number of anilines is 2. The molecule has 0 unspecified atom stereocenters. The average Bonchev–Trinajstić information content (AvgIpc) is 3.46. The number of nitrogens with one attached hydrogen (secondary N) is 2. The Hall–Kier alpha value is -3.66. The lowest BCUT2D eigenvalue weighted by molar-refractivity contribution is 0.0950. The van der Waals surface area contributed by atoms with Crippen molar-refractivity contribution >= 4 is 33.7 Å². The van der Waals surface area contributed by atoms with Crippen molar-refractivity contribution in [3.63, 3.8) is 0 Å². The zero-order valence-electron chi connectivity index (χ0n) is 15.6. The number of carbonyl (C=O) groups excluding carboxylic acids is 1. The minimum Gasteiger partial charge on any atom is -0.454 e. The molecule has 2 N–H and O–H groups in total. The summed E-state index contributed by atoms with van der Waals surface area (Å²) in [6, 6.07) is 8.48. The molecule has 30 heavy (non-hydrogen) atoms. The maximum Gasteiger partial charge on any atom is 0.270 e. The largest absolute Gasteiger partial charge is 0.454 e. The van der Waals surface area contributed by atoms with Crippen LogP contribution in [-0.4, -0.2) is 33.6 Å². The minimum atomic E-state index is -0.326. The Labute approximate surface area is 174 Å². The minimum absolute atomic E-state index is 0.214. The molecule has 0 radical (unpaired) electrons. The number of pyridine rings is 1. The van der Waals surface area contributed by atoms with Crippen molar-refractivity contribution in [2.24, 2.45) is 0 Å². The van der Waals surface area contributed by atoms with Crippen LogP contribution < -0.4 is 20.1 Å². The lowest BCUT2D eigenvalue weighted by atomic mass is 10.3. The number of hydrogen-bond acceptors (Lipinski definition) is 7. The number of rotatable bonds is 6. The summed E-state index contributed by atoms with van der Waals surface area (Å²) in [7, 11) is 0. The van der Waals surface area contributed by atoms with Crippen molar-refractivity contribution < 1.29 is 18.7 Å². The highest BCUT2D eigenvalue weighted by molar-refractivity contribution is 7.14. The molecule has 10 heteroatoms. The number of hydrogen-bond donors (Lipinski definition) is 2. The van der Waals surface area contributed by atoms with Crippen LogP contribution in [0.4, 0.5) is 15.2 Å². The van der Waals surface area contributed by atoms with Crippen molar-refractivity contribution in [2.45, 2.75) is 6.42 Å². The number of thiazole rings is 1. The van der Waals surface area contributed by atoms with E-state index in [-0.39, 0.29) is 18.5 Å². The Balaban J connectivity index is 1.17. The Kier molecular flexibility index (Phi) is 4.68. The third-order valence-electron chi connectivity index (χ3n) is 4.49. The van der Waals surface area contributed by atoms with Crippen LogP contribution in [0.25, 0.3) is 5.65 Å². The number of nitrogens with zero attached hydrogens (tertiary/aromatic N) is 3. The first-order valence-corrected chi connectivity index (χ1v) is 10.1. The second kappa shape index (κ2) is 7.64. The third kappa shape index (κ3) is 3.77. The summed E-state index contributed by atoms with van der Waals surface area (Å²) in [5.74, 6) is 0.785. The maximum atomic E-state index is 13.3. The number of amides is 1. The fraction of sp³-hybridized carbons (Fsp3) is 0.150. The monoisotopic (exact) mass is 425 g/mol. The fourth-order valence-corrected chi connectivity index (χ4v) is 3.78. The Bertz CT molecular complexity index is 1240. The molecular formula is C20H16FN5O3S. The molecule has 1 aromatic carbocycles. The molecule has 0 saturated carbocycles. The van der Waals surface area contributed by atoms with Gasteiger partial charge in [-0.1, -0.05) is 0 Å². The van der Waals surface area contributed by atoms with Gasteiger partial charge in [0.2, 0.25) is 6.79 Å². The van der Waals surface area contributed by atoms with E-state index in [1.54, 1.807) is 22.0 Å². The zero-order chi connectivity index (χ0) is 20.5. The van der Waals surface area contributed by atoms with Gasteiger partial charge in [-0.2, -0.15) is 0 Å². The smallest absolute Gasteiger partial charge is 0.270 e. The number of carbonyl (C=O) groups is 1. The van der Waals surface area contributed by atoms with Gasteiger partial charge in [0.05, 0.1) is 5.69 Å². The number of halogens is 1. The normalized spacial score (nSPS) is 12.3. The van der Waals surface area contributed by atoms with Gasteiger partial charge in [0.1, 0.15) is 17.2 Å². The van der Waals surface area contributed by atoms with Gasteiger partial charge in [0, 0.05) is 42.5 Å². The second-order valence-electron chi connectivity index (χ2n) is 6.58. The molecular weight excluding hydrogens is 409 g/mol. The second-order valence-corrected chi connectivity index (χ2v) is 7.44. The van der Waals surface area contributed by atoms with Crippen molar-refractivity contribution in [3.8, 4) is 11.5 Å². The number of benzene rings is 1. The van der Waals surface area contributed by atoms with Gasteiger partial charge in [-0.15, -0.1) is 11.3 Å². The first kappa shape index (κ1) is 18.4. The molecule has 0 bridgehead atoms. The van der Waals surface area contributed by atoms with Crippen LogP contribution >= 0.6 is 11.3 Å². The van der Waals surface area contributed by atoms with Gasteiger partial charge < -0.3 is 24.5 Å². The van der Waals surface area contributed by atoms with E-state index >= 15 is 0 Å². The van der Waals surface area contributed by atoms with Gasteiger partial charge in [0.25, 0.3) is 5.91 Å². The van der Waals surface area contributed by atoms with Crippen molar-refractivity contribution in [1.82, 2.24) is 19.7 Å². The van der Waals surface area contributed by atoms with Crippen LogP contribution in [0.2, 0.25) is 0 Å². The van der Waals surface area contributed by atoms with Crippen molar-refractivity contribution in [2.75, 3.05) is 18.7 Å². The molecule has 0 aliphatic carbocycles. The molecule has 1 aliphatic heterocycles. The van der Waals surface area contributed by atoms with Gasteiger partial charge in [-0.25, -0.2) is 14.4 Å². The van der Waals surface area contributed by atoms with E-state index in [1.165, 1.54) is 23.6 Å². The zero-order valence-corrected chi connectivity index (χ0v) is 16.4. The molecule has 0 atom stereocenters. The van der Waals surface area contributed by atoms with E-state index < -0.39 is 0 Å². The topological polar surface area (TPSA) is 89.8 Å². The van der Waals surface area contributed by atoms with E-state index in [0.29, 0.717) is 40.9 Å². The highest BCUT2D eigenvalue weighted by Gasteiger charge is 2.15. The van der Waals surface area contributed by atoms with Crippen LogP contribution in [0.3, 0.4) is 0 Å². The lowest BCUT2D eigenvalue weighted by Crippen LogP contribution is -2.26. The van der Waals surface area contributed by atoms with Crippen LogP contribution in [0.1, 0.15) is 16.2 Å². The number of imidazole rings is 1. The fourth-order valence-electron chi connectivity index (χ4n) is 3.07. The van der Waals surface area contributed by atoms with E-state index in [4.69, 9.17) is 9.47 Å². The number of fused-ring (bicyclic) bond motifs is 2. The Morgan fingerprint density at radius 2 is 2.07 bits per heavy atom. The van der Waals surface area contributed by atoms with Crippen LogP contribution in [0.5, 0.6) is 11.5 Å². The molecule has 0 spiro atoms. The average molecular weight is 425 g/mol. The predicted molar refractivity (Wildman–Crippen MR) is 109 cm³/mol. The molecule has 3 aromatic heterocycles. The highest BCUT2D eigenvalue weighted by Crippen LogP contribution is 2.35. The van der Waals surface area contributed by atoms with E-state index in [0.717, 1.165) is 11.4 Å². The van der Waals surface area contributed by atoms with E-state index in [9.17, 15) is 9.18 Å². The van der Waals surface area contributed by atoms with E-state index in [1.807, 2.05) is 18.2 Å². The third-order valence-corrected chi connectivity index (χ3v) is 5.25. The van der Waals surface area contributed by atoms with Gasteiger partial charge in [-0.05, 0) is 24.3 Å². The molecule has 1 amide bonds. The number of aromatic nitrogens is 3. The molecule has 0 fully saturated rings. The molecule has 4 aromatic rings.